The van der Waals surface area contributed by atoms with Gasteiger partial charge in [0.1, 0.15) is 0 Å². The molecule has 0 saturated heterocycles. The van der Waals surface area contributed by atoms with Crippen LogP contribution in [0.2, 0.25) is 10.0 Å². The highest BCUT2D eigenvalue weighted by Gasteiger charge is 2.04. The number of hydrogen-bond acceptors (Lipinski definition) is 1. The lowest BCUT2D eigenvalue weighted by Gasteiger charge is -2.10. The first-order valence-corrected chi connectivity index (χ1v) is 6.53. The minimum atomic E-state index is 0.305. The second-order valence-corrected chi connectivity index (χ2v) is 3.50. The summed E-state index contributed by atoms with van der Waals surface area (Å²) in [4.78, 5) is 0. The number of rotatable bonds is 2. The Morgan fingerprint density at radius 2 is 1.50 bits per heavy atom. The summed E-state index contributed by atoms with van der Waals surface area (Å²) in [5, 5.41) is 4.33. The Labute approximate surface area is 110 Å². The van der Waals surface area contributed by atoms with Crippen molar-refractivity contribution in [1.29, 1.82) is 0 Å². The van der Waals surface area contributed by atoms with Crippen LogP contribution in [0.15, 0.2) is 18.2 Å². The summed E-state index contributed by atoms with van der Waals surface area (Å²) in [5.41, 5.74) is 1.15. The van der Waals surface area contributed by atoms with Gasteiger partial charge in [-0.15, -0.1) is 0 Å². The minimum Gasteiger partial charge on any atom is -0.313 e. The molecule has 0 spiro atoms. The van der Waals surface area contributed by atoms with E-state index in [0.29, 0.717) is 16.1 Å². The van der Waals surface area contributed by atoms with Crippen molar-refractivity contribution in [3.63, 3.8) is 0 Å². The van der Waals surface area contributed by atoms with Crippen LogP contribution in [-0.2, 0) is 0 Å². The van der Waals surface area contributed by atoms with Gasteiger partial charge in [-0.25, -0.2) is 0 Å². The predicted octanol–water partition coefficient (Wildman–Crippen LogP) is 5.33. The van der Waals surface area contributed by atoms with Crippen LogP contribution in [0.25, 0.3) is 0 Å². The second kappa shape index (κ2) is 11.3. The van der Waals surface area contributed by atoms with Crippen LogP contribution < -0.4 is 5.32 Å². The molecule has 0 fully saturated rings. The molecule has 0 aromatic heterocycles. The van der Waals surface area contributed by atoms with Crippen molar-refractivity contribution in [1.82, 2.24) is 5.32 Å². The second-order valence-electron chi connectivity index (χ2n) is 2.68. The maximum atomic E-state index is 5.86. The Morgan fingerprint density at radius 3 is 1.88 bits per heavy atom. The van der Waals surface area contributed by atoms with Gasteiger partial charge in [0.25, 0.3) is 0 Å². The van der Waals surface area contributed by atoms with Crippen molar-refractivity contribution >= 4 is 23.2 Å². The van der Waals surface area contributed by atoms with Gasteiger partial charge < -0.3 is 5.32 Å². The maximum Gasteiger partial charge on any atom is 0.0595 e. The Balaban J connectivity index is 0. The van der Waals surface area contributed by atoms with Crippen molar-refractivity contribution in [2.24, 2.45) is 0 Å². The lowest BCUT2D eigenvalue weighted by Crippen LogP contribution is -2.11. The molecule has 0 aliphatic heterocycles. The molecule has 16 heavy (non-hydrogen) atoms. The molecule has 0 amide bonds. The van der Waals surface area contributed by atoms with E-state index < -0.39 is 0 Å². The van der Waals surface area contributed by atoms with Crippen LogP contribution in [0, 0.1) is 0 Å². The molecule has 0 unspecified atom stereocenters. The van der Waals surface area contributed by atoms with E-state index in [9.17, 15) is 0 Å². The van der Waals surface area contributed by atoms with Crippen LogP contribution in [0.3, 0.4) is 0 Å². The van der Waals surface area contributed by atoms with E-state index >= 15 is 0 Å². The van der Waals surface area contributed by atoms with Crippen molar-refractivity contribution in [3.8, 4) is 0 Å². The van der Waals surface area contributed by atoms with Gasteiger partial charge in [0, 0.05) is 6.04 Å². The molecule has 1 aromatic rings. The molecular formula is C13H23Cl2N. The molecule has 0 heterocycles. The van der Waals surface area contributed by atoms with E-state index in [1.54, 1.807) is 0 Å². The lowest BCUT2D eigenvalue weighted by atomic mass is 10.1. The summed E-state index contributed by atoms with van der Waals surface area (Å²) in [6.07, 6.45) is 0. The Hall–Kier alpha value is -0.240. The fourth-order valence-electron chi connectivity index (χ4n) is 0.948. The average molecular weight is 264 g/mol. The lowest BCUT2D eigenvalue weighted by molar-refractivity contribution is 0.652. The smallest absolute Gasteiger partial charge is 0.0595 e. The van der Waals surface area contributed by atoms with Crippen molar-refractivity contribution in [2.75, 3.05) is 7.05 Å². The van der Waals surface area contributed by atoms with Gasteiger partial charge in [0.2, 0.25) is 0 Å². The fraction of sp³-hybridized carbons (Fsp3) is 0.538. The van der Waals surface area contributed by atoms with E-state index in [-0.39, 0.29) is 0 Å². The van der Waals surface area contributed by atoms with Crippen LogP contribution in [0.4, 0.5) is 0 Å². The maximum absolute atomic E-state index is 5.86. The molecule has 94 valence electrons. The number of hydrogen-bond donors (Lipinski definition) is 1. The molecule has 1 nitrogen and oxygen atoms in total. The molecule has 0 bridgehead atoms. The van der Waals surface area contributed by atoms with E-state index in [0.717, 1.165) is 5.56 Å². The van der Waals surface area contributed by atoms with Crippen LogP contribution >= 0.6 is 23.2 Å². The summed E-state index contributed by atoms with van der Waals surface area (Å²) in [5.74, 6) is 0. The van der Waals surface area contributed by atoms with Crippen molar-refractivity contribution in [3.05, 3.63) is 33.8 Å². The largest absolute Gasteiger partial charge is 0.313 e. The van der Waals surface area contributed by atoms with E-state index in [1.807, 2.05) is 52.9 Å². The molecule has 0 radical (unpaired) electrons. The summed E-state index contributed by atoms with van der Waals surface area (Å²) in [6.45, 7) is 10.1. The third-order valence-electron chi connectivity index (χ3n) is 1.88. The van der Waals surface area contributed by atoms with Gasteiger partial charge in [-0.05, 0) is 31.7 Å². The first kappa shape index (κ1) is 18.1. The standard InChI is InChI=1S/C9H11Cl2N.2C2H6/c1-6(12-2)7-3-4-8(10)9(11)5-7;2*1-2/h3-6,12H,1-2H3;2*1-2H3/t6-;;/m0../s1. The summed E-state index contributed by atoms with van der Waals surface area (Å²) >= 11 is 11.6. The highest BCUT2D eigenvalue weighted by molar-refractivity contribution is 6.42. The fourth-order valence-corrected chi connectivity index (χ4v) is 1.25. The minimum absolute atomic E-state index is 0.305. The molecule has 3 heteroatoms. The SMILES string of the molecule is CC.CC.CN[C@@H](C)c1ccc(Cl)c(Cl)c1. The van der Waals surface area contributed by atoms with E-state index in [2.05, 4.69) is 12.2 Å². The first-order chi connectivity index (χ1) is 7.65. The Kier molecular flexibility index (Phi) is 12.8. The van der Waals surface area contributed by atoms with Crippen LogP contribution in [0.1, 0.15) is 46.2 Å². The predicted molar refractivity (Wildman–Crippen MR) is 76.6 cm³/mol. The molecule has 1 atom stereocenters. The zero-order chi connectivity index (χ0) is 13.1. The first-order valence-electron chi connectivity index (χ1n) is 5.77. The highest BCUT2D eigenvalue weighted by Crippen LogP contribution is 2.25. The van der Waals surface area contributed by atoms with E-state index in [1.165, 1.54) is 0 Å². The zero-order valence-corrected chi connectivity index (χ0v) is 12.6. The van der Waals surface area contributed by atoms with Gasteiger partial charge >= 0.3 is 0 Å². The normalized spacial score (nSPS) is 10.5. The van der Waals surface area contributed by atoms with Crippen molar-refractivity contribution in [2.45, 2.75) is 40.7 Å². The van der Waals surface area contributed by atoms with Crippen molar-refractivity contribution < 1.29 is 0 Å². The van der Waals surface area contributed by atoms with Gasteiger partial charge in [-0.2, -0.15) is 0 Å². The van der Waals surface area contributed by atoms with Gasteiger partial charge in [0.05, 0.1) is 10.0 Å². The molecule has 0 aliphatic carbocycles. The molecule has 0 aliphatic rings. The molecule has 0 saturated carbocycles. The number of halogens is 2. The molecule has 1 rings (SSSR count). The van der Waals surface area contributed by atoms with Crippen LogP contribution in [-0.4, -0.2) is 7.05 Å². The topological polar surface area (TPSA) is 12.0 Å². The average Bonchev–Trinajstić information content (AvgIpc) is 2.36. The molecular weight excluding hydrogens is 241 g/mol. The van der Waals surface area contributed by atoms with Gasteiger partial charge in [0.15, 0.2) is 0 Å². The summed E-state index contributed by atoms with van der Waals surface area (Å²) in [7, 11) is 1.91. The quantitative estimate of drug-likeness (QED) is 0.761. The zero-order valence-electron chi connectivity index (χ0n) is 11.1. The Bertz CT molecular complexity index is 275. The number of nitrogens with one attached hydrogen (secondary N) is 1. The highest BCUT2D eigenvalue weighted by atomic mass is 35.5. The molecule has 1 N–H and O–H groups in total. The Morgan fingerprint density at radius 1 is 1.00 bits per heavy atom. The van der Waals surface area contributed by atoms with Gasteiger partial charge in [-0.1, -0.05) is 57.0 Å². The monoisotopic (exact) mass is 263 g/mol. The third kappa shape index (κ3) is 6.37. The number of benzene rings is 1. The summed E-state index contributed by atoms with van der Waals surface area (Å²) < 4.78 is 0. The molecule has 1 aromatic carbocycles. The van der Waals surface area contributed by atoms with Gasteiger partial charge in [-0.3, -0.25) is 0 Å². The summed E-state index contributed by atoms with van der Waals surface area (Å²) in [6, 6.07) is 5.97. The van der Waals surface area contributed by atoms with E-state index in [4.69, 9.17) is 23.2 Å². The van der Waals surface area contributed by atoms with Crippen LogP contribution in [0.5, 0.6) is 0 Å². The third-order valence-corrected chi connectivity index (χ3v) is 2.62.